The fraction of sp³-hybridized carbons (Fsp3) is 0.471. The first-order chi connectivity index (χ1) is 31.9. The van der Waals surface area contributed by atoms with Gasteiger partial charge in [-0.25, -0.2) is 4.39 Å². The first-order valence-corrected chi connectivity index (χ1v) is 24.0. The molecule has 66 heavy (non-hydrogen) atoms. The van der Waals surface area contributed by atoms with Crippen molar-refractivity contribution in [3.05, 3.63) is 94.4 Å². The van der Waals surface area contributed by atoms with E-state index in [0.29, 0.717) is 67.0 Å². The van der Waals surface area contributed by atoms with E-state index in [2.05, 4.69) is 20.9 Å². The lowest BCUT2D eigenvalue weighted by atomic mass is 9.73. The van der Waals surface area contributed by atoms with E-state index in [1.807, 2.05) is 17.9 Å². The highest BCUT2D eigenvalue weighted by atomic mass is 35.5. The Kier molecular flexibility index (Phi) is 15.0. The van der Waals surface area contributed by atoms with Gasteiger partial charge in [-0.15, -0.1) is 0 Å². The molecule has 0 radical (unpaired) electrons. The molecule has 8 rings (SSSR count). The van der Waals surface area contributed by atoms with Gasteiger partial charge >= 0.3 is 0 Å². The number of anilines is 2. The van der Waals surface area contributed by atoms with Crippen LogP contribution >= 0.6 is 11.6 Å². The number of aromatic nitrogens is 1. The van der Waals surface area contributed by atoms with Crippen molar-refractivity contribution < 1.29 is 37.9 Å². The number of fused-ring (bicyclic) bond motifs is 2. The van der Waals surface area contributed by atoms with Gasteiger partial charge in [0, 0.05) is 80.3 Å². The first-order valence-electron chi connectivity index (χ1n) is 23.6. The lowest BCUT2D eigenvalue weighted by molar-refractivity contribution is -0.136. The number of rotatable bonds is 17. The number of hydrogen-bond donors (Lipinski definition) is 3. The van der Waals surface area contributed by atoms with E-state index in [1.165, 1.54) is 6.07 Å². The fourth-order valence-electron chi connectivity index (χ4n) is 10.1. The van der Waals surface area contributed by atoms with E-state index in [4.69, 9.17) is 16.3 Å². The van der Waals surface area contributed by atoms with Gasteiger partial charge in [-0.2, -0.15) is 0 Å². The Morgan fingerprint density at radius 3 is 2.41 bits per heavy atom. The quantitative estimate of drug-likeness (QED) is 0.0691. The van der Waals surface area contributed by atoms with Crippen LogP contribution in [0.1, 0.15) is 135 Å². The third-order valence-electron chi connectivity index (χ3n) is 14.0. The number of amides is 6. The van der Waals surface area contributed by atoms with Gasteiger partial charge in [-0.3, -0.25) is 44.0 Å². The summed E-state index contributed by atoms with van der Waals surface area (Å²) in [6.07, 6.45) is 13.0. The van der Waals surface area contributed by atoms with Crippen molar-refractivity contribution in [3.63, 3.8) is 0 Å². The molecule has 1 aromatic heterocycles. The molecule has 0 spiro atoms. The molecule has 6 amide bonds. The van der Waals surface area contributed by atoms with Crippen LogP contribution in [-0.2, 0) is 19.2 Å². The van der Waals surface area contributed by atoms with Crippen LogP contribution in [0.15, 0.2) is 66.9 Å². The van der Waals surface area contributed by atoms with Gasteiger partial charge in [0.25, 0.3) is 11.8 Å². The topological polar surface area (TPSA) is 167 Å². The third kappa shape index (κ3) is 10.7. The molecule has 13 nitrogen and oxygen atoms in total. The van der Waals surface area contributed by atoms with E-state index >= 15 is 0 Å². The van der Waals surface area contributed by atoms with Crippen LogP contribution in [0.4, 0.5) is 15.8 Å². The van der Waals surface area contributed by atoms with Crippen molar-refractivity contribution in [2.45, 2.75) is 121 Å². The smallest absolute Gasteiger partial charge is 0.264 e. The number of piperidine rings is 2. The number of nitrogens with one attached hydrogen (secondary N) is 3. The molecule has 3 aromatic carbocycles. The van der Waals surface area contributed by atoms with Crippen LogP contribution in [0.2, 0.25) is 5.02 Å². The zero-order chi connectivity index (χ0) is 46.3. The summed E-state index contributed by atoms with van der Waals surface area (Å²) in [4.78, 5) is 84.3. The molecule has 2 saturated heterocycles. The van der Waals surface area contributed by atoms with Crippen molar-refractivity contribution in [1.82, 2.24) is 20.1 Å². The van der Waals surface area contributed by atoms with Gasteiger partial charge in [-0.05, 0) is 111 Å². The van der Waals surface area contributed by atoms with Crippen molar-refractivity contribution in [2.75, 3.05) is 30.3 Å². The Labute approximate surface area is 389 Å². The van der Waals surface area contributed by atoms with Crippen LogP contribution in [0.25, 0.3) is 10.9 Å². The van der Waals surface area contributed by atoms with Gasteiger partial charge < -0.3 is 20.3 Å². The van der Waals surface area contributed by atoms with Crippen LogP contribution in [0, 0.1) is 17.7 Å². The molecule has 4 aromatic rings. The van der Waals surface area contributed by atoms with Gasteiger partial charge in [0.2, 0.25) is 23.6 Å². The second kappa shape index (κ2) is 21.2. The molecule has 2 atom stereocenters. The van der Waals surface area contributed by atoms with E-state index in [-0.39, 0.29) is 59.5 Å². The molecular weight excluding hydrogens is 863 g/mol. The van der Waals surface area contributed by atoms with Gasteiger partial charge in [0.1, 0.15) is 23.7 Å². The fourth-order valence-corrected chi connectivity index (χ4v) is 10.3. The van der Waals surface area contributed by atoms with Crippen molar-refractivity contribution >= 4 is 69.3 Å². The maximum atomic E-state index is 14.1. The second-order valence-electron chi connectivity index (χ2n) is 18.3. The zero-order valence-electron chi connectivity index (χ0n) is 37.4. The lowest BCUT2D eigenvalue weighted by Gasteiger charge is -2.33. The molecule has 1 saturated carbocycles. The SMILES string of the molecule is C[C@@H](C(=O)Nc1ccc(Cl)c(OC2CCN(C(=O)CCCCCCCCNc3cccc4c3C(=O)N(C3CCC(=O)NC3=O)C4=O)CC2)c1)[C@H]1CC[C@@H](c2ccnc3ccc(F)cc32)CC1. The summed E-state index contributed by atoms with van der Waals surface area (Å²) in [6, 6.07) is 16.1. The third-order valence-corrected chi connectivity index (χ3v) is 14.3. The maximum absolute atomic E-state index is 14.1. The number of imide groups is 2. The standard InChI is InChI=1S/C51H58ClFN6O7/c1-31(32-12-14-33(15-13-32)37-22-26-55-41-19-16-34(53)29-39(37)41)48(62)56-35-17-18-40(52)44(30-35)66-36-23-27-58(28-24-36)46(61)11-6-4-2-3-5-7-25-54-42-10-8-9-38-47(42)51(65)59(50(38)64)43-20-21-45(60)57-49(43)63/h8-10,16-19,22,26,29-33,36,43,54H,2-7,11-15,20-21,23-25,27-28H2,1H3,(H,56,62)(H,57,60,63)/t31-,32-,33+,43?/m1/s1. The number of unbranched alkanes of at least 4 members (excludes halogenated alkanes) is 5. The highest BCUT2D eigenvalue weighted by Gasteiger charge is 2.45. The average Bonchev–Trinajstić information content (AvgIpc) is 3.57. The highest BCUT2D eigenvalue weighted by molar-refractivity contribution is 6.32. The van der Waals surface area contributed by atoms with E-state index in [1.54, 1.807) is 54.7 Å². The van der Waals surface area contributed by atoms with Crippen LogP contribution < -0.4 is 20.7 Å². The van der Waals surface area contributed by atoms with E-state index in [9.17, 15) is 33.2 Å². The predicted molar refractivity (Wildman–Crippen MR) is 250 cm³/mol. The molecule has 0 bridgehead atoms. The number of pyridine rings is 1. The second-order valence-corrected chi connectivity index (χ2v) is 18.7. The highest BCUT2D eigenvalue weighted by Crippen LogP contribution is 2.41. The summed E-state index contributed by atoms with van der Waals surface area (Å²) in [6.45, 7) is 3.82. The zero-order valence-corrected chi connectivity index (χ0v) is 38.2. The molecular formula is C51H58ClFN6O7. The number of carbonyl (C=O) groups is 6. The number of benzene rings is 3. The van der Waals surface area contributed by atoms with Crippen LogP contribution in [-0.4, -0.2) is 82.0 Å². The number of ether oxygens (including phenoxy) is 1. The number of likely N-dealkylation sites (tertiary alicyclic amines) is 1. The summed E-state index contributed by atoms with van der Waals surface area (Å²) in [5.41, 5.74) is 3.63. The largest absolute Gasteiger partial charge is 0.489 e. The molecule has 3 fully saturated rings. The summed E-state index contributed by atoms with van der Waals surface area (Å²) in [5, 5.41) is 9.94. The Balaban J connectivity index is 0.698. The monoisotopic (exact) mass is 920 g/mol. The molecule has 4 aliphatic rings. The summed E-state index contributed by atoms with van der Waals surface area (Å²) >= 11 is 6.56. The van der Waals surface area contributed by atoms with E-state index in [0.717, 1.165) is 85.6 Å². The summed E-state index contributed by atoms with van der Waals surface area (Å²) < 4.78 is 20.4. The normalized spacial score (nSPS) is 20.6. The average molecular weight is 922 g/mol. The Hall–Kier alpha value is -5.89. The van der Waals surface area contributed by atoms with Crippen LogP contribution in [0.3, 0.4) is 0 Å². The summed E-state index contributed by atoms with van der Waals surface area (Å²) in [7, 11) is 0. The minimum atomic E-state index is -1.000. The minimum absolute atomic E-state index is 0.0437. The van der Waals surface area contributed by atoms with Crippen LogP contribution in [0.5, 0.6) is 5.75 Å². The molecule has 15 heteroatoms. The van der Waals surface area contributed by atoms with Crippen molar-refractivity contribution in [3.8, 4) is 5.75 Å². The Bertz CT molecular complexity index is 2490. The van der Waals surface area contributed by atoms with E-state index < -0.39 is 29.7 Å². The molecule has 1 aliphatic carbocycles. The summed E-state index contributed by atoms with van der Waals surface area (Å²) in [5.74, 6) is -1.38. The molecule has 348 valence electrons. The molecule has 3 N–H and O–H groups in total. The van der Waals surface area contributed by atoms with Crippen molar-refractivity contribution in [1.29, 1.82) is 0 Å². The van der Waals surface area contributed by atoms with Gasteiger partial charge in [0.15, 0.2) is 0 Å². The lowest BCUT2D eigenvalue weighted by Crippen LogP contribution is -2.54. The van der Waals surface area contributed by atoms with Gasteiger partial charge in [-0.1, -0.05) is 50.3 Å². The molecule has 4 heterocycles. The minimum Gasteiger partial charge on any atom is -0.489 e. The Morgan fingerprint density at radius 2 is 1.64 bits per heavy atom. The maximum Gasteiger partial charge on any atom is 0.264 e. The number of halogens is 2. The molecule has 1 unspecified atom stereocenters. The predicted octanol–water partition coefficient (Wildman–Crippen LogP) is 9.19. The Morgan fingerprint density at radius 1 is 0.879 bits per heavy atom. The number of nitrogens with zero attached hydrogens (tertiary/aromatic N) is 3. The number of hydrogen-bond acceptors (Lipinski definition) is 9. The number of carbonyl (C=O) groups excluding carboxylic acids is 6. The molecule has 3 aliphatic heterocycles. The first kappa shape index (κ1) is 46.6. The van der Waals surface area contributed by atoms with Crippen molar-refractivity contribution in [2.24, 2.45) is 11.8 Å². The van der Waals surface area contributed by atoms with Gasteiger partial charge in [0.05, 0.1) is 21.7 Å².